The molecule has 0 saturated carbocycles. The second kappa shape index (κ2) is 8.19. The molecule has 0 unspecified atom stereocenters. The quantitative estimate of drug-likeness (QED) is 0.355. The van der Waals surface area contributed by atoms with Crippen molar-refractivity contribution >= 4 is 28.2 Å². The molecule has 154 valence electrons. The molecule has 0 atom stereocenters. The molecule has 1 N–H and O–H groups in total. The van der Waals surface area contributed by atoms with E-state index in [1.165, 1.54) is 6.07 Å². The van der Waals surface area contributed by atoms with Crippen molar-refractivity contribution in [2.24, 2.45) is 0 Å². The SMILES string of the molecule is COc1cccc(-c2cc(C(=O)Nc3ccc(F)c([N+](=O)[O-])c3)c3ccccc3n2)c1. The Morgan fingerprint density at radius 2 is 1.87 bits per heavy atom. The van der Waals surface area contributed by atoms with Gasteiger partial charge in [-0.05, 0) is 36.4 Å². The minimum atomic E-state index is -0.974. The van der Waals surface area contributed by atoms with Crippen LogP contribution in [-0.4, -0.2) is 22.9 Å². The third-order valence-corrected chi connectivity index (χ3v) is 4.73. The van der Waals surface area contributed by atoms with E-state index in [-0.39, 0.29) is 5.69 Å². The van der Waals surface area contributed by atoms with E-state index in [0.717, 1.165) is 17.7 Å². The molecule has 31 heavy (non-hydrogen) atoms. The summed E-state index contributed by atoms with van der Waals surface area (Å²) in [6.45, 7) is 0. The number of anilines is 1. The zero-order valence-corrected chi connectivity index (χ0v) is 16.3. The molecule has 4 aromatic rings. The number of ether oxygens (including phenoxy) is 1. The maximum atomic E-state index is 13.6. The maximum absolute atomic E-state index is 13.6. The van der Waals surface area contributed by atoms with Crippen LogP contribution in [0.4, 0.5) is 15.8 Å². The largest absolute Gasteiger partial charge is 0.497 e. The van der Waals surface area contributed by atoms with Crippen molar-refractivity contribution in [2.75, 3.05) is 12.4 Å². The van der Waals surface area contributed by atoms with E-state index in [1.807, 2.05) is 24.3 Å². The van der Waals surface area contributed by atoms with Gasteiger partial charge in [0.2, 0.25) is 5.82 Å². The van der Waals surface area contributed by atoms with E-state index in [2.05, 4.69) is 10.3 Å². The third-order valence-electron chi connectivity index (χ3n) is 4.73. The van der Waals surface area contributed by atoms with E-state index in [1.54, 1.807) is 37.4 Å². The van der Waals surface area contributed by atoms with Gasteiger partial charge in [-0.25, -0.2) is 4.98 Å². The van der Waals surface area contributed by atoms with Crippen molar-refractivity contribution in [3.63, 3.8) is 0 Å². The van der Waals surface area contributed by atoms with Crippen molar-refractivity contribution in [2.45, 2.75) is 0 Å². The average molecular weight is 417 g/mol. The van der Waals surface area contributed by atoms with Crippen LogP contribution in [0.5, 0.6) is 5.75 Å². The first-order valence-corrected chi connectivity index (χ1v) is 9.26. The highest BCUT2D eigenvalue weighted by Gasteiger charge is 2.18. The standard InChI is InChI=1S/C23H16FN3O4/c1-31-16-6-4-5-14(11-16)21-13-18(17-7-2-3-8-20(17)26-21)23(28)25-15-9-10-19(24)22(12-15)27(29)30/h2-13H,1H3,(H,25,28). The molecule has 3 aromatic carbocycles. The van der Waals surface area contributed by atoms with Crippen LogP contribution in [0.1, 0.15) is 10.4 Å². The lowest BCUT2D eigenvalue weighted by Gasteiger charge is -2.11. The highest BCUT2D eigenvalue weighted by molar-refractivity contribution is 6.13. The summed E-state index contributed by atoms with van der Waals surface area (Å²) in [6, 6.07) is 19.3. The van der Waals surface area contributed by atoms with Gasteiger partial charge >= 0.3 is 5.69 Å². The molecule has 1 amide bonds. The number of halogens is 1. The summed E-state index contributed by atoms with van der Waals surface area (Å²) in [6.07, 6.45) is 0. The Bertz CT molecular complexity index is 1320. The molecule has 8 heteroatoms. The highest BCUT2D eigenvalue weighted by atomic mass is 19.1. The molecule has 1 aromatic heterocycles. The maximum Gasteiger partial charge on any atom is 0.306 e. The minimum absolute atomic E-state index is 0.113. The van der Waals surface area contributed by atoms with Crippen LogP contribution >= 0.6 is 0 Å². The van der Waals surface area contributed by atoms with Gasteiger partial charge in [0, 0.05) is 22.7 Å². The third kappa shape index (κ3) is 4.04. The van der Waals surface area contributed by atoms with E-state index in [9.17, 15) is 19.3 Å². The van der Waals surface area contributed by atoms with Crippen molar-refractivity contribution in [1.82, 2.24) is 4.98 Å². The minimum Gasteiger partial charge on any atom is -0.497 e. The molecular formula is C23H16FN3O4. The Morgan fingerprint density at radius 3 is 2.65 bits per heavy atom. The summed E-state index contributed by atoms with van der Waals surface area (Å²) < 4.78 is 18.9. The van der Waals surface area contributed by atoms with Crippen LogP contribution < -0.4 is 10.1 Å². The summed E-state index contributed by atoms with van der Waals surface area (Å²) in [5.41, 5.74) is 1.66. The Kier molecular flexibility index (Phi) is 5.28. The van der Waals surface area contributed by atoms with Gasteiger partial charge in [0.1, 0.15) is 5.75 Å². The van der Waals surface area contributed by atoms with Crippen LogP contribution in [0.25, 0.3) is 22.2 Å². The fraction of sp³-hybridized carbons (Fsp3) is 0.0435. The molecule has 4 rings (SSSR count). The van der Waals surface area contributed by atoms with Gasteiger partial charge in [0.05, 0.1) is 28.8 Å². The van der Waals surface area contributed by atoms with Crippen molar-refractivity contribution < 1.29 is 18.8 Å². The summed E-state index contributed by atoms with van der Waals surface area (Å²) in [4.78, 5) is 27.9. The van der Waals surface area contributed by atoms with Gasteiger partial charge in [0.25, 0.3) is 5.91 Å². The molecule has 0 aliphatic carbocycles. The lowest BCUT2D eigenvalue weighted by atomic mass is 10.0. The number of nitro groups is 1. The number of fused-ring (bicyclic) bond motifs is 1. The fourth-order valence-electron chi connectivity index (χ4n) is 3.22. The zero-order chi connectivity index (χ0) is 22.0. The van der Waals surface area contributed by atoms with Gasteiger partial charge < -0.3 is 10.1 Å². The van der Waals surface area contributed by atoms with Gasteiger partial charge in [-0.15, -0.1) is 0 Å². The molecule has 0 aliphatic heterocycles. The monoisotopic (exact) mass is 417 g/mol. The molecular weight excluding hydrogens is 401 g/mol. The number of nitro benzene ring substituents is 1. The first-order valence-electron chi connectivity index (χ1n) is 9.26. The van der Waals surface area contributed by atoms with Crippen molar-refractivity contribution in [1.29, 1.82) is 0 Å². The van der Waals surface area contributed by atoms with Gasteiger partial charge in [0.15, 0.2) is 0 Å². The molecule has 0 spiro atoms. The van der Waals surface area contributed by atoms with Gasteiger partial charge in [-0.1, -0.05) is 30.3 Å². The Hall–Kier alpha value is -4.33. The number of para-hydroxylation sites is 1. The Balaban J connectivity index is 1.78. The number of nitrogens with zero attached hydrogens (tertiary/aromatic N) is 2. The highest BCUT2D eigenvalue weighted by Crippen LogP contribution is 2.28. The van der Waals surface area contributed by atoms with Crippen LogP contribution in [0.2, 0.25) is 0 Å². The van der Waals surface area contributed by atoms with E-state index in [0.29, 0.717) is 27.9 Å². The second-order valence-electron chi connectivity index (χ2n) is 6.68. The number of methoxy groups -OCH3 is 1. The summed E-state index contributed by atoms with van der Waals surface area (Å²) >= 11 is 0. The van der Waals surface area contributed by atoms with E-state index >= 15 is 0 Å². The fourth-order valence-corrected chi connectivity index (χ4v) is 3.22. The molecule has 1 heterocycles. The lowest BCUT2D eigenvalue weighted by molar-refractivity contribution is -0.387. The number of hydrogen-bond acceptors (Lipinski definition) is 5. The summed E-state index contributed by atoms with van der Waals surface area (Å²) in [7, 11) is 1.56. The zero-order valence-electron chi connectivity index (χ0n) is 16.3. The molecule has 7 nitrogen and oxygen atoms in total. The number of nitrogens with one attached hydrogen (secondary N) is 1. The number of hydrogen-bond donors (Lipinski definition) is 1. The number of carbonyl (C=O) groups is 1. The molecule has 0 aliphatic rings. The molecule has 0 saturated heterocycles. The Labute approximate surface area is 176 Å². The summed E-state index contributed by atoms with van der Waals surface area (Å²) in [5.74, 6) is -0.821. The normalized spacial score (nSPS) is 10.6. The van der Waals surface area contributed by atoms with Crippen LogP contribution in [0.15, 0.2) is 72.8 Å². The second-order valence-corrected chi connectivity index (χ2v) is 6.68. The van der Waals surface area contributed by atoms with Crippen LogP contribution in [-0.2, 0) is 0 Å². The lowest BCUT2D eigenvalue weighted by Crippen LogP contribution is -2.13. The first kappa shape index (κ1) is 20.0. The number of pyridine rings is 1. The number of carbonyl (C=O) groups excluding carboxylic acids is 1. The number of amides is 1. The molecule has 0 radical (unpaired) electrons. The predicted molar refractivity (Wildman–Crippen MR) is 115 cm³/mol. The first-order chi connectivity index (χ1) is 15.0. The topological polar surface area (TPSA) is 94.4 Å². The van der Waals surface area contributed by atoms with E-state index < -0.39 is 22.3 Å². The molecule has 0 bridgehead atoms. The van der Waals surface area contributed by atoms with Crippen LogP contribution in [0.3, 0.4) is 0 Å². The van der Waals surface area contributed by atoms with Crippen molar-refractivity contribution in [3.8, 4) is 17.0 Å². The number of aromatic nitrogens is 1. The van der Waals surface area contributed by atoms with Gasteiger partial charge in [-0.3, -0.25) is 14.9 Å². The van der Waals surface area contributed by atoms with Crippen molar-refractivity contribution in [3.05, 3.63) is 94.3 Å². The number of rotatable bonds is 5. The van der Waals surface area contributed by atoms with Crippen LogP contribution in [0, 0.1) is 15.9 Å². The van der Waals surface area contributed by atoms with E-state index in [4.69, 9.17) is 4.74 Å². The molecule has 0 fully saturated rings. The Morgan fingerprint density at radius 1 is 1.06 bits per heavy atom. The summed E-state index contributed by atoms with van der Waals surface area (Å²) in [5, 5.41) is 14.2. The smallest absolute Gasteiger partial charge is 0.306 e. The van der Waals surface area contributed by atoms with Gasteiger partial charge in [-0.2, -0.15) is 4.39 Å². The average Bonchev–Trinajstić information content (AvgIpc) is 2.79. The number of benzene rings is 3. The predicted octanol–water partition coefficient (Wildman–Crippen LogP) is 5.21.